The van der Waals surface area contributed by atoms with Crippen molar-refractivity contribution in [1.29, 1.82) is 0 Å². The molecule has 0 atom stereocenters. The average Bonchev–Trinajstić information content (AvgIpc) is 2.55. The average molecular weight is 378 g/mol. The second-order valence-corrected chi connectivity index (χ2v) is 6.03. The molecule has 4 nitrogen and oxygen atoms in total. The lowest BCUT2D eigenvalue weighted by Gasteiger charge is -2.12. The molecule has 0 spiro atoms. The van der Waals surface area contributed by atoms with Crippen molar-refractivity contribution in [2.45, 2.75) is 13.3 Å². The molecule has 2 rings (SSSR count). The van der Waals surface area contributed by atoms with Crippen LogP contribution in [0.4, 0.5) is 0 Å². The summed E-state index contributed by atoms with van der Waals surface area (Å²) in [6, 6.07) is 11.3. The van der Waals surface area contributed by atoms with E-state index in [2.05, 4.69) is 21.2 Å². The summed E-state index contributed by atoms with van der Waals surface area (Å²) in [6.45, 7) is 2.51. The van der Waals surface area contributed by atoms with Gasteiger partial charge < -0.3 is 14.8 Å². The monoisotopic (exact) mass is 377 g/mol. The molecule has 0 heterocycles. The number of ether oxygens (including phenoxy) is 2. The molecule has 0 bridgehead atoms. The molecule has 2 aromatic carbocycles. The van der Waals surface area contributed by atoms with Crippen molar-refractivity contribution in [3.63, 3.8) is 0 Å². The Hall–Kier alpha value is -2.01. The highest BCUT2D eigenvalue weighted by atomic mass is 79.9. The Balaban J connectivity index is 2.00. The number of nitrogens with one attached hydrogen (secondary N) is 1. The van der Waals surface area contributed by atoms with Gasteiger partial charge in [-0.3, -0.25) is 4.79 Å². The molecular weight excluding hydrogens is 358 g/mol. The summed E-state index contributed by atoms with van der Waals surface area (Å²) < 4.78 is 11.5. The Morgan fingerprint density at radius 1 is 1.13 bits per heavy atom. The minimum atomic E-state index is -0.0645. The zero-order chi connectivity index (χ0) is 16.8. The zero-order valence-corrected chi connectivity index (χ0v) is 15.1. The molecule has 0 aliphatic carbocycles. The van der Waals surface area contributed by atoms with Crippen LogP contribution in [0.3, 0.4) is 0 Å². The predicted octanol–water partition coefficient (Wildman–Crippen LogP) is 3.75. The molecule has 0 saturated heterocycles. The molecule has 0 aromatic heterocycles. The van der Waals surface area contributed by atoms with E-state index in [4.69, 9.17) is 9.47 Å². The van der Waals surface area contributed by atoms with Crippen LogP contribution in [0, 0.1) is 6.92 Å². The van der Waals surface area contributed by atoms with Crippen LogP contribution in [0.2, 0.25) is 0 Å². The van der Waals surface area contributed by atoms with Gasteiger partial charge in [-0.1, -0.05) is 33.6 Å². The number of carbonyl (C=O) groups is 1. The molecule has 0 saturated carbocycles. The summed E-state index contributed by atoms with van der Waals surface area (Å²) in [4.78, 5) is 12.1. The topological polar surface area (TPSA) is 47.6 Å². The van der Waals surface area contributed by atoms with E-state index in [1.807, 2.05) is 43.3 Å². The van der Waals surface area contributed by atoms with Crippen molar-refractivity contribution in [1.82, 2.24) is 5.32 Å². The number of hydrogen-bond acceptors (Lipinski definition) is 3. The minimum absolute atomic E-state index is 0.0645. The lowest BCUT2D eigenvalue weighted by molar-refractivity contribution is 0.0954. The quantitative estimate of drug-likeness (QED) is 0.833. The SMILES string of the molecule is COc1cc(Br)c(CCNC(=O)c2cccc(C)c2)cc1OC. The number of aryl methyl sites for hydroxylation is 1. The van der Waals surface area contributed by atoms with Gasteiger partial charge in [-0.15, -0.1) is 0 Å². The molecule has 0 fully saturated rings. The predicted molar refractivity (Wildman–Crippen MR) is 94.5 cm³/mol. The van der Waals surface area contributed by atoms with E-state index in [9.17, 15) is 4.79 Å². The van der Waals surface area contributed by atoms with E-state index >= 15 is 0 Å². The van der Waals surface area contributed by atoms with Gasteiger partial charge in [-0.25, -0.2) is 0 Å². The maximum absolute atomic E-state index is 12.1. The van der Waals surface area contributed by atoms with Crippen molar-refractivity contribution in [2.24, 2.45) is 0 Å². The molecule has 23 heavy (non-hydrogen) atoms. The largest absolute Gasteiger partial charge is 0.493 e. The van der Waals surface area contributed by atoms with E-state index in [1.54, 1.807) is 14.2 Å². The number of benzene rings is 2. The number of hydrogen-bond donors (Lipinski definition) is 1. The number of halogens is 1. The van der Waals surface area contributed by atoms with Crippen molar-refractivity contribution < 1.29 is 14.3 Å². The summed E-state index contributed by atoms with van der Waals surface area (Å²) in [6.07, 6.45) is 0.693. The Labute approximate surface area is 144 Å². The van der Waals surface area contributed by atoms with Crippen molar-refractivity contribution in [2.75, 3.05) is 20.8 Å². The molecule has 0 aliphatic heterocycles. The molecule has 1 amide bonds. The van der Waals surface area contributed by atoms with Crippen LogP contribution in [0.1, 0.15) is 21.5 Å². The highest BCUT2D eigenvalue weighted by molar-refractivity contribution is 9.10. The van der Waals surface area contributed by atoms with Crippen LogP contribution in [-0.2, 0) is 6.42 Å². The Bertz CT molecular complexity index is 701. The van der Waals surface area contributed by atoms with Gasteiger partial charge in [-0.05, 0) is 43.2 Å². The molecule has 2 aromatic rings. The summed E-state index contributed by atoms with van der Waals surface area (Å²) in [5, 5.41) is 2.94. The number of carbonyl (C=O) groups excluding carboxylic acids is 1. The van der Waals surface area contributed by atoms with E-state index in [0.717, 1.165) is 15.6 Å². The first-order valence-corrected chi connectivity index (χ1v) is 8.09. The first kappa shape index (κ1) is 17.3. The summed E-state index contributed by atoms with van der Waals surface area (Å²) >= 11 is 3.52. The fourth-order valence-corrected chi connectivity index (χ4v) is 2.81. The van der Waals surface area contributed by atoms with Crippen LogP contribution in [0.5, 0.6) is 11.5 Å². The van der Waals surface area contributed by atoms with Crippen molar-refractivity contribution in [3.05, 3.63) is 57.6 Å². The lowest BCUT2D eigenvalue weighted by Crippen LogP contribution is -2.25. The fourth-order valence-electron chi connectivity index (χ4n) is 2.29. The number of methoxy groups -OCH3 is 2. The van der Waals surface area contributed by atoms with Gasteiger partial charge in [0.15, 0.2) is 11.5 Å². The Morgan fingerprint density at radius 3 is 2.48 bits per heavy atom. The van der Waals surface area contributed by atoms with Gasteiger partial charge in [0.25, 0.3) is 5.91 Å². The third kappa shape index (κ3) is 4.48. The van der Waals surface area contributed by atoms with Gasteiger partial charge in [0.05, 0.1) is 14.2 Å². The van der Waals surface area contributed by atoms with E-state index in [0.29, 0.717) is 30.0 Å². The van der Waals surface area contributed by atoms with Crippen molar-refractivity contribution >= 4 is 21.8 Å². The van der Waals surface area contributed by atoms with E-state index in [-0.39, 0.29) is 5.91 Å². The smallest absolute Gasteiger partial charge is 0.251 e. The van der Waals surface area contributed by atoms with E-state index < -0.39 is 0 Å². The normalized spacial score (nSPS) is 10.3. The maximum Gasteiger partial charge on any atom is 0.251 e. The first-order valence-electron chi connectivity index (χ1n) is 7.30. The Kier molecular flexibility index (Phi) is 6.04. The fraction of sp³-hybridized carbons (Fsp3) is 0.278. The summed E-state index contributed by atoms with van der Waals surface area (Å²) in [7, 11) is 3.21. The molecule has 0 unspecified atom stereocenters. The van der Waals surface area contributed by atoms with Gasteiger partial charge in [0.2, 0.25) is 0 Å². The van der Waals surface area contributed by atoms with Crippen LogP contribution >= 0.6 is 15.9 Å². The molecular formula is C18H20BrNO3. The van der Waals surface area contributed by atoms with Gasteiger partial charge >= 0.3 is 0 Å². The molecule has 5 heteroatoms. The third-order valence-corrected chi connectivity index (χ3v) is 4.25. The van der Waals surface area contributed by atoms with Crippen LogP contribution in [0.25, 0.3) is 0 Å². The lowest BCUT2D eigenvalue weighted by atomic mass is 10.1. The maximum atomic E-state index is 12.1. The summed E-state index contributed by atoms with van der Waals surface area (Å²) in [5.41, 5.74) is 2.80. The van der Waals surface area contributed by atoms with Crippen LogP contribution in [-0.4, -0.2) is 26.7 Å². The standard InChI is InChI=1S/C18H20BrNO3/c1-12-5-4-6-14(9-12)18(21)20-8-7-13-10-16(22-2)17(23-3)11-15(13)19/h4-6,9-11H,7-8H2,1-3H3,(H,20,21). The second-order valence-electron chi connectivity index (χ2n) is 5.17. The van der Waals surface area contributed by atoms with E-state index in [1.165, 1.54) is 0 Å². The van der Waals surface area contributed by atoms with Gasteiger partial charge in [0.1, 0.15) is 0 Å². The molecule has 1 N–H and O–H groups in total. The number of rotatable bonds is 6. The zero-order valence-electron chi connectivity index (χ0n) is 13.5. The minimum Gasteiger partial charge on any atom is -0.493 e. The number of amides is 1. The molecule has 0 aliphatic rings. The highest BCUT2D eigenvalue weighted by Crippen LogP contribution is 2.33. The summed E-state index contributed by atoms with van der Waals surface area (Å²) in [5.74, 6) is 1.29. The van der Waals surface area contributed by atoms with Gasteiger partial charge in [0, 0.05) is 16.6 Å². The van der Waals surface area contributed by atoms with Gasteiger partial charge in [-0.2, -0.15) is 0 Å². The highest BCUT2D eigenvalue weighted by Gasteiger charge is 2.10. The third-order valence-electron chi connectivity index (χ3n) is 3.51. The second kappa shape index (κ2) is 8.02. The first-order chi connectivity index (χ1) is 11.0. The molecule has 0 radical (unpaired) electrons. The van der Waals surface area contributed by atoms with Crippen LogP contribution in [0.15, 0.2) is 40.9 Å². The molecule has 122 valence electrons. The van der Waals surface area contributed by atoms with Crippen LogP contribution < -0.4 is 14.8 Å². The van der Waals surface area contributed by atoms with Crippen molar-refractivity contribution in [3.8, 4) is 11.5 Å². The Morgan fingerprint density at radius 2 is 1.83 bits per heavy atom.